The number of carbonyl (C=O) groups excluding carboxylic acids is 1. The molecule has 0 radical (unpaired) electrons. The third kappa shape index (κ3) is 2.06. The Bertz CT molecular complexity index is 391. The number of hydrogen-bond donors (Lipinski definition) is 1. The van der Waals surface area contributed by atoms with Gasteiger partial charge in [-0.05, 0) is 19.3 Å². The maximum atomic E-state index is 12.0. The minimum absolute atomic E-state index is 0.262. The largest absolute Gasteiger partial charge is 0.480 e. The van der Waals surface area contributed by atoms with E-state index in [2.05, 4.69) is 4.98 Å². The van der Waals surface area contributed by atoms with Gasteiger partial charge in [-0.2, -0.15) is 0 Å². The lowest BCUT2D eigenvalue weighted by atomic mass is 10.0. The molecule has 1 aromatic heterocycles. The van der Waals surface area contributed by atoms with Gasteiger partial charge in [0, 0.05) is 18.1 Å². The second kappa shape index (κ2) is 4.61. The first-order valence-corrected chi connectivity index (χ1v) is 6.01. The lowest BCUT2D eigenvalue weighted by molar-refractivity contribution is -0.143. The maximum Gasteiger partial charge on any atom is 0.326 e. The van der Waals surface area contributed by atoms with Crippen molar-refractivity contribution in [3.63, 3.8) is 0 Å². The van der Waals surface area contributed by atoms with Crippen molar-refractivity contribution in [2.45, 2.75) is 25.3 Å². The molecule has 1 fully saturated rings. The fourth-order valence-corrected chi connectivity index (χ4v) is 2.47. The van der Waals surface area contributed by atoms with Crippen molar-refractivity contribution in [3.05, 3.63) is 16.6 Å². The number of piperidine rings is 1. The minimum Gasteiger partial charge on any atom is -0.480 e. The number of thiazole rings is 1. The normalized spacial score (nSPS) is 20.8. The summed E-state index contributed by atoms with van der Waals surface area (Å²) in [6.45, 7) is 0.509. The van der Waals surface area contributed by atoms with Crippen LogP contribution in [0.4, 0.5) is 0 Å². The molecule has 0 saturated carbocycles. The molecule has 2 heterocycles. The highest BCUT2D eigenvalue weighted by Crippen LogP contribution is 2.20. The number of carbonyl (C=O) groups is 2. The summed E-state index contributed by atoms with van der Waals surface area (Å²) in [6.07, 6.45) is 3.81. The summed E-state index contributed by atoms with van der Waals surface area (Å²) in [5.74, 6) is -1.19. The number of amides is 1. The van der Waals surface area contributed by atoms with Gasteiger partial charge >= 0.3 is 5.97 Å². The topological polar surface area (TPSA) is 70.5 Å². The van der Waals surface area contributed by atoms with Gasteiger partial charge in [-0.25, -0.2) is 9.78 Å². The Labute approximate surface area is 96.7 Å². The summed E-state index contributed by atoms with van der Waals surface area (Å²) in [7, 11) is 0. The van der Waals surface area contributed by atoms with Crippen molar-refractivity contribution in [1.82, 2.24) is 9.88 Å². The van der Waals surface area contributed by atoms with E-state index in [1.165, 1.54) is 16.2 Å². The summed E-state index contributed by atoms with van der Waals surface area (Å²) in [5, 5.41) is 11.1. The molecular weight excluding hydrogens is 228 g/mol. The van der Waals surface area contributed by atoms with Gasteiger partial charge in [-0.1, -0.05) is 0 Å². The highest BCUT2D eigenvalue weighted by molar-refractivity contribution is 7.11. The molecule has 16 heavy (non-hydrogen) atoms. The van der Waals surface area contributed by atoms with E-state index in [4.69, 9.17) is 5.11 Å². The zero-order valence-electron chi connectivity index (χ0n) is 8.63. The van der Waals surface area contributed by atoms with Crippen LogP contribution in [0.25, 0.3) is 0 Å². The van der Waals surface area contributed by atoms with Crippen molar-refractivity contribution in [2.24, 2.45) is 0 Å². The summed E-state index contributed by atoms with van der Waals surface area (Å²) >= 11 is 1.24. The first-order valence-electron chi connectivity index (χ1n) is 5.13. The van der Waals surface area contributed by atoms with Crippen molar-refractivity contribution >= 4 is 23.2 Å². The number of carboxylic acids is 1. The summed E-state index contributed by atoms with van der Waals surface area (Å²) < 4.78 is 0. The first kappa shape index (κ1) is 11.1. The van der Waals surface area contributed by atoms with Crippen LogP contribution >= 0.6 is 11.3 Å². The van der Waals surface area contributed by atoms with Gasteiger partial charge in [-0.15, -0.1) is 11.3 Å². The van der Waals surface area contributed by atoms with Crippen LogP contribution in [-0.4, -0.2) is 39.5 Å². The molecule has 0 spiro atoms. The minimum atomic E-state index is -0.926. The molecule has 1 amide bonds. The Kier molecular flexibility index (Phi) is 3.19. The molecular formula is C10H12N2O3S. The molecule has 0 unspecified atom stereocenters. The fourth-order valence-electron chi connectivity index (χ4n) is 1.88. The Morgan fingerprint density at radius 1 is 1.50 bits per heavy atom. The van der Waals surface area contributed by atoms with Gasteiger partial charge in [-0.3, -0.25) is 4.79 Å². The summed E-state index contributed by atoms with van der Waals surface area (Å²) in [6, 6.07) is -0.690. The number of hydrogen-bond acceptors (Lipinski definition) is 4. The molecule has 1 aromatic rings. The molecule has 1 atom stereocenters. The van der Waals surface area contributed by atoms with Crippen LogP contribution in [0.1, 0.15) is 29.1 Å². The van der Waals surface area contributed by atoms with Crippen molar-refractivity contribution < 1.29 is 14.7 Å². The summed E-state index contributed by atoms with van der Waals surface area (Å²) in [4.78, 5) is 28.4. The average molecular weight is 240 g/mol. The van der Waals surface area contributed by atoms with Gasteiger partial charge < -0.3 is 10.0 Å². The molecule has 1 aliphatic heterocycles. The molecule has 6 heteroatoms. The zero-order chi connectivity index (χ0) is 11.5. The Morgan fingerprint density at radius 2 is 2.31 bits per heavy atom. The van der Waals surface area contributed by atoms with Gasteiger partial charge in [0.2, 0.25) is 0 Å². The predicted octanol–water partition coefficient (Wildman–Crippen LogP) is 1.22. The van der Waals surface area contributed by atoms with E-state index < -0.39 is 12.0 Å². The third-order valence-corrected chi connectivity index (χ3v) is 3.43. The van der Waals surface area contributed by atoms with Gasteiger partial charge in [0.15, 0.2) is 5.01 Å². The van der Waals surface area contributed by atoms with Crippen molar-refractivity contribution in [2.75, 3.05) is 6.54 Å². The van der Waals surface area contributed by atoms with Crippen molar-refractivity contribution in [1.29, 1.82) is 0 Å². The SMILES string of the molecule is O=C(O)[C@@H]1CCCCN1C(=O)c1nccs1. The summed E-state index contributed by atoms with van der Waals surface area (Å²) in [5.41, 5.74) is 0. The number of nitrogens with zero attached hydrogens (tertiary/aromatic N) is 2. The van der Waals surface area contributed by atoms with E-state index in [-0.39, 0.29) is 5.91 Å². The molecule has 2 rings (SSSR count). The van der Waals surface area contributed by atoms with E-state index in [0.29, 0.717) is 18.0 Å². The number of aromatic nitrogens is 1. The van der Waals surface area contributed by atoms with Crippen molar-refractivity contribution in [3.8, 4) is 0 Å². The van der Waals surface area contributed by atoms with Gasteiger partial charge in [0.1, 0.15) is 6.04 Å². The number of likely N-dealkylation sites (tertiary alicyclic amines) is 1. The number of aliphatic carboxylic acids is 1. The van der Waals surface area contributed by atoms with Crippen LogP contribution in [0.2, 0.25) is 0 Å². The molecule has 0 bridgehead atoms. The third-order valence-electron chi connectivity index (χ3n) is 2.66. The first-order chi connectivity index (χ1) is 7.70. The molecule has 0 aromatic carbocycles. The van der Waals surface area contributed by atoms with Crippen LogP contribution in [0.5, 0.6) is 0 Å². The average Bonchev–Trinajstić information content (AvgIpc) is 2.81. The highest BCUT2D eigenvalue weighted by atomic mass is 32.1. The Balaban J connectivity index is 2.17. The van der Waals surface area contributed by atoms with Crippen LogP contribution in [-0.2, 0) is 4.79 Å². The monoisotopic (exact) mass is 240 g/mol. The fraction of sp³-hybridized carbons (Fsp3) is 0.500. The van der Waals surface area contributed by atoms with E-state index in [1.807, 2.05) is 0 Å². The maximum absolute atomic E-state index is 12.0. The van der Waals surface area contributed by atoms with E-state index in [1.54, 1.807) is 11.6 Å². The molecule has 1 aliphatic rings. The lowest BCUT2D eigenvalue weighted by Crippen LogP contribution is -2.47. The lowest BCUT2D eigenvalue weighted by Gasteiger charge is -2.32. The standard InChI is InChI=1S/C10H12N2O3S/c13-9(8-11-4-6-16-8)12-5-2-1-3-7(12)10(14)15/h4,6-7H,1-3,5H2,(H,14,15)/t7-/m0/s1. The van der Waals surface area contributed by atoms with E-state index in [0.717, 1.165) is 12.8 Å². The molecule has 5 nitrogen and oxygen atoms in total. The molecule has 1 saturated heterocycles. The number of carboxylic acid groups (broad SMARTS) is 1. The van der Waals surface area contributed by atoms with Crippen LogP contribution < -0.4 is 0 Å². The highest BCUT2D eigenvalue weighted by Gasteiger charge is 2.33. The second-order valence-electron chi connectivity index (χ2n) is 3.69. The Hall–Kier alpha value is -1.43. The predicted molar refractivity (Wildman–Crippen MR) is 58.4 cm³/mol. The molecule has 0 aliphatic carbocycles. The van der Waals surface area contributed by atoms with Crippen LogP contribution in [0, 0.1) is 0 Å². The zero-order valence-corrected chi connectivity index (χ0v) is 9.44. The molecule has 1 N–H and O–H groups in total. The molecule has 86 valence electrons. The van der Waals surface area contributed by atoms with E-state index in [9.17, 15) is 9.59 Å². The smallest absolute Gasteiger partial charge is 0.326 e. The van der Waals surface area contributed by atoms with Gasteiger partial charge in [0.25, 0.3) is 5.91 Å². The quantitative estimate of drug-likeness (QED) is 0.843. The Morgan fingerprint density at radius 3 is 2.94 bits per heavy atom. The van der Waals surface area contributed by atoms with Crippen LogP contribution in [0.3, 0.4) is 0 Å². The second-order valence-corrected chi connectivity index (χ2v) is 4.58. The van der Waals surface area contributed by atoms with Crippen LogP contribution in [0.15, 0.2) is 11.6 Å². The van der Waals surface area contributed by atoms with E-state index >= 15 is 0 Å². The number of rotatable bonds is 2. The van der Waals surface area contributed by atoms with Gasteiger partial charge in [0.05, 0.1) is 0 Å².